The molecule has 1 fully saturated rings. The second-order valence-electron chi connectivity index (χ2n) is 6.11. The van der Waals surface area contributed by atoms with Crippen LogP contribution in [0.15, 0.2) is 24.3 Å². The zero-order chi connectivity index (χ0) is 16.9. The summed E-state index contributed by atoms with van der Waals surface area (Å²) in [6.07, 6.45) is 3.74. The first-order chi connectivity index (χ1) is 11.7. The molecule has 6 heteroatoms. The SMILES string of the molecule is CCCC(=O)N1CCC[C@H]1C(=O)NCCc1nc2ccccc2s1. The van der Waals surface area contributed by atoms with Gasteiger partial charge >= 0.3 is 0 Å². The number of aromatic nitrogens is 1. The zero-order valence-electron chi connectivity index (χ0n) is 14.0. The van der Waals surface area contributed by atoms with Crippen molar-refractivity contribution in [2.75, 3.05) is 13.1 Å². The van der Waals surface area contributed by atoms with Gasteiger partial charge in [-0.25, -0.2) is 4.98 Å². The second-order valence-corrected chi connectivity index (χ2v) is 7.23. The minimum absolute atomic E-state index is 0.0296. The van der Waals surface area contributed by atoms with Crippen molar-refractivity contribution in [3.63, 3.8) is 0 Å². The van der Waals surface area contributed by atoms with Crippen molar-refractivity contribution in [1.29, 1.82) is 0 Å². The molecule has 1 aromatic heterocycles. The maximum absolute atomic E-state index is 12.4. The molecule has 1 aliphatic heterocycles. The first-order valence-corrected chi connectivity index (χ1v) is 9.42. The summed E-state index contributed by atoms with van der Waals surface area (Å²) in [5.74, 6) is 0.0689. The Hall–Kier alpha value is -1.95. The van der Waals surface area contributed by atoms with Gasteiger partial charge in [-0.15, -0.1) is 11.3 Å². The molecule has 2 heterocycles. The zero-order valence-corrected chi connectivity index (χ0v) is 14.8. The van der Waals surface area contributed by atoms with Crippen LogP contribution in [0.2, 0.25) is 0 Å². The predicted octanol–water partition coefficient (Wildman–Crippen LogP) is 2.75. The molecule has 1 aliphatic rings. The van der Waals surface area contributed by atoms with E-state index in [9.17, 15) is 9.59 Å². The predicted molar refractivity (Wildman–Crippen MR) is 96.0 cm³/mol. The smallest absolute Gasteiger partial charge is 0.242 e. The summed E-state index contributed by atoms with van der Waals surface area (Å²) in [7, 11) is 0. The first-order valence-electron chi connectivity index (χ1n) is 8.60. The van der Waals surface area contributed by atoms with Crippen molar-refractivity contribution in [3.8, 4) is 0 Å². The Labute approximate surface area is 146 Å². The number of fused-ring (bicyclic) bond motifs is 1. The van der Waals surface area contributed by atoms with Crippen LogP contribution >= 0.6 is 11.3 Å². The van der Waals surface area contributed by atoms with E-state index in [1.54, 1.807) is 16.2 Å². The van der Waals surface area contributed by atoms with Crippen LogP contribution < -0.4 is 5.32 Å². The van der Waals surface area contributed by atoms with Gasteiger partial charge in [0, 0.05) is 25.9 Å². The molecule has 3 rings (SSSR count). The number of nitrogens with one attached hydrogen (secondary N) is 1. The van der Waals surface area contributed by atoms with Crippen LogP contribution in [0.5, 0.6) is 0 Å². The summed E-state index contributed by atoms with van der Waals surface area (Å²) in [6.45, 7) is 3.25. The quantitative estimate of drug-likeness (QED) is 0.876. The molecule has 1 aromatic carbocycles. The van der Waals surface area contributed by atoms with E-state index in [0.717, 1.165) is 36.2 Å². The molecular formula is C18H23N3O2S. The number of hydrogen-bond donors (Lipinski definition) is 1. The normalized spacial score (nSPS) is 17.4. The molecule has 0 bridgehead atoms. The summed E-state index contributed by atoms with van der Waals surface area (Å²) in [4.78, 5) is 30.8. The molecule has 0 spiro atoms. The maximum Gasteiger partial charge on any atom is 0.242 e. The number of para-hydroxylation sites is 1. The summed E-state index contributed by atoms with van der Waals surface area (Å²) in [5, 5.41) is 4.01. The fraction of sp³-hybridized carbons (Fsp3) is 0.500. The van der Waals surface area contributed by atoms with Crippen molar-refractivity contribution in [1.82, 2.24) is 15.2 Å². The van der Waals surface area contributed by atoms with Gasteiger partial charge in [-0.3, -0.25) is 9.59 Å². The third-order valence-corrected chi connectivity index (χ3v) is 5.41. The summed E-state index contributed by atoms with van der Waals surface area (Å²) in [5.41, 5.74) is 1.01. The van der Waals surface area contributed by atoms with Gasteiger partial charge in [0.15, 0.2) is 0 Å². The number of carbonyl (C=O) groups excluding carboxylic acids is 2. The van der Waals surface area contributed by atoms with Gasteiger partial charge in [-0.2, -0.15) is 0 Å². The number of benzene rings is 1. The largest absolute Gasteiger partial charge is 0.354 e. The number of thiazole rings is 1. The highest BCUT2D eigenvalue weighted by molar-refractivity contribution is 7.18. The van der Waals surface area contributed by atoms with E-state index in [0.29, 0.717) is 19.5 Å². The van der Waals surface area contributed by atoms with Crippen LogP contribution in [-0.4, -0.2) is 40.8 Å². The highest BCUT2D eigenvalue weighted by atomic mass is 32.1. The van der Waals surface area contributed by atoms with Crippen molar-refractivity contribution in [2.24, 2.45) is 0 Å². The third-order valence-electron chi connectivity index (χ3n) is 4.32. The van der Waals surface area contributed by atoms with Gasteiger partial charge in [0.2, 0.25) is 11.8 Å². The van der Waals surface area contributed by atoms with Crippen LogP contribution in [0.4, 0.5) is 0 Å². The molecule has 2 amide bonds. The van der Waals surface area contributed by atoms with Crippen LogP contribution in [-0.2, 0) is 16.0 Å². The topological polar surface area (TPSA) is 62.3 Å². The molecular weight excluding hydrogens is 322 g/mol. The van der Waals surface area contributed by atoms with E-state index in [1.165, 1.54) is 4.70 Å². The van der Waals surface area contributed by atoms with E-state index in [4.69, 9.17) is 0 Å². The van der Waals surface area contributed by atoms with E-state index in [-0.39, 0.29) is 17.9 Å². The Morgan fingerprint density at radius 2 is 2.21 bits per heavy atom. The number of amides is 2. The van der Waals surface area contributed by atoms with Crippen LogP contribution in [0.1, 0.15) is 37.6 Å². The monoisotopic (exact) mass is 345 g/mol. The molecule has 1 atom stereocenters. The Balaban J connectivity index is 1.52. The fourth-order valence-corrected chi connectivity index (χ4v) is 4.10. The maximum atomic E-state index is 12.4. The van der Waals surface area contributed by atoms with Gasteiger partial charge in [-0.1, -0.05) is 19.1 Å². The molecule has 128 valence electrons. The Kier molecular flexibility index (Phi) is 5.45. The van der Waals surface area contributed by atoms with Crippen molar-refractivity contribution in [2.45, 2.75) is 45.1 Å². The molecule has 24 heavy (non-hydrogen) atoms. The molecule has 0 saturated carbocycles. The Morgan fingerprint density at radius 1 is 1.38 bits per heavy atom. The number of carbonyl (C=O) groups is 2. The fourth-order valence-electron chi connectivity index (χ4n) is 3.13. The molecule has 1 saturated heterocycles. The standard InChI is InChI=1S/C18H23N3O2S/c1-2-6-17(22)21-12-5-8-14(21)18(23)19-11-10-16-20-13-7-3-4-9-15(13)24-16/h3-4,7,9,14H,2,5-6,8,10-12H2,1H3,(H,19,23)/t14-/m0/s1. The highest BCUT2D eigenvalue weighted by Gasteiger charge is 2.33. The van der Waals surface area contributed by atoms with Gasteiger partial charge in [0.1, 0.15) is 6.04 Å². The molecule has 0 radical (unpaired) electrons. The lowest BCUT2D eigenvalue weighted by atomic mass is 10.2. The molecule has 2 aromatic rings. The molecule has 1 N–H and O–H groups in total. The lowest BCUT2D eigenvalue weighted by Gasteiger charge is -2.23. The van der Waals surface area contributed by atoms with Crippen molar-refractivity contribution >= 4 is 33.4 Å². The van der Waals surface area contributed by atoms with Gasteiger partial charge in [0.05, 0.1) is 15.2 Å². The molecule has 0 unspecified atom stereocenters. The van der Waals surface area contributed by atoms with E-state index >= 15 is 0 Å². The number of rotatable bonds is 6. The van der Waals surface area contributed by atoms with E-state index in [1.807, 2.05) is 25.1 Å². The summed E-state index contributed by atoms with van der Waals surface area (Å²) >= 11 is 1.67. The summed E-state index contributed by atoms with van der Waals surface area (Å²) < 4.78 is 1.17. The van der Waals surface area contributed by atoms with Gasteiger partial charge in [0.25, 0.3) is 0 Å². The lowest BCUT2D eigenvalue weighted by Crippen LogP contribution is -2.46. The Morgan fingerprint density at radius 3 is 3.00 bits per heavy atom. The van der Waals surface area contributed by atoms with Crippen molar-refractivity contribution < 1.29 is 9.59 Å². The Bertz CT molecular complexity index is 695. The number of nitrogens with zero attached hydrogens (tertiary/aromatic N) is 2. The first kappa shape index (κ1) is 16.9. The minimum Gasteiger partial charge on any atom is -0.354 e. The lowest BCUT2D eigenvalue weighted by molar-refractivity contribution is -0.138. The molecule has 0 aliphatic carbocycles. The average Bonchev–Trinajstić information content (AvgIpc) is 3.21. The minimum atomic E-state index is -0.292. The van der Waals surface area contributed by atoms with E-state index in [2.05, 4.69) is 16.4 Å². The van der Waals surface area contributed by atoms with E-state index < -0.39 is 0 Å². The second kappa shape index (κ2) is 7.75. The number of likely N-dealkylation sites (tertiary alicyclic amines) is 1. The van der Waals surface area contributed by atoms with Crippen LogP contribution in [0.25, 0.3) is 10.2 Å². The van der Waals surface area contributed by atoms with Crippen LogP contribution in [0, 0.1) is 0 Å². The van der Waals surface area contributed by atoms with Gasteiger partial charge < -0.3 is 10.2 Å². The average molecular weight is 345 g/mol. The highest BCUT2D eigenvalue weighted by Crippen LogP contribution is 2.22. The molecule has 5 nitrogen and oxygen atoms in total. The third kappa shape index (κ3) is 3.75. The summed E-state index contributed by atoms with van der Waals surface area (Å²) in [6, 6.07) is 7.76. The number of hydrogen-bond acceptors (Lipinski definition) is 4. The van der Waals surface area contributed by atoms with Gasteiger partial charge in [-0.05, 0) is 31.4 Å². The van der Waals surface area contributed by atoms with Crippen LogP contribution in [0.3, 0.4) is 0 Å². The van der Waals surface area contributed by atoms with Crippen molar-refractivity contribution in [3.05, 3.63) is 29.3 Å².